The first kappa shape index (κ1) is 25.5. The van der Waals surface area contributed by atoms with Crippen molar-refractivity contribution in [3.8, 4) is 0 Å². The third-order valence-electron chi connectivity index (χ3n) is 6.11. The summed E-state index contributed by atoms with van der Waals surface area (Å²) in [5.41, 5.74) is 1.69. The Bertz CT molecular complexity index is 1320. The molecule has 1 heterocycles. The van der Waals surface area contributed by atoms with Crippen LogP contribution < -0.4 is 15.5 Å². The van der Waals surface area contributed by atoms with E-state index in [9.17, 15) is 19.7 Å². The van der Waals surface area contributed by atoms with Gasteiger partial charge < -0.3 is 15.5 Å². The molecule has 0 unspecified atom stereocenters. The largest absolute Gasteiger partial charge is 0.366 e. The van der Waals surface area contributed by atoms with Crippen molar-refractivity contribution in [1.82, 2.24) is 0 Å². The zero-order chi connectivity index (χ0) is 25.8. The Kier molecular flexibility index (Phi) is 7.76. The van der Waals surface area contributed by atoms with Crippen LogP contribution in [0.1, 0.15) is 40.5 Å². The van der Waals surface area contributed by atoms with Crippen LogP contribution in [0, 0.1) is 16.0 Å². The summed E-state index contributed by atoms with van der Waals surface area (Å²) in [6, 6.07) is 15.6. The van der Waals surface area contributed by atoms with Crippen LogP contribution in [0.2, 0.25) is 10.0 Å². The molecular formula is C26H24Cl2N4O4. The van der Waals surface area contributed by atoms with E-state index in [2.05, 4.69) is 17.6 Å². The molecule has 0 radical (unpaired) electrons. The summed E-state index contributed by atoms with van der Waals surface area (Å²) in [7, 11) is 0. The van der Waals surface area contributed by atoms with Crippen LogP contribution in [-0.2, 0) is 0 Å². The van der Waals surface area contributed by atoms with Crippen LogP contribution in [0.4, 0.5) is 22.7 Å². The highest BCUT2D eigenvalue weighted by molar-refractivity contribution is 6.37. The quantitative estimate of drug-likeness (QED) is 0.276. The van der Waals surface area contributed by atoms with Crippen molar-refractivity contribution < 1.29 is 14.5 Å². The number of anilines is 3. The fourth-order valence-electron chi connectivity index (χ4n) is 4.08. The first-order chi connectivity index (χ1) is 17.2. The lowest BCUT2D eigenvalue weighted by atomic mass is 9.98. The number of carbonyl (C=O) groups excluding carboxylic acids is 2. The van der Waals surface area contributed by atoms with E-state index < -0.39 is 16.7 Å². The molecule has 8 nitrogen and oxygen atoms in total. The molecular weight excluding hydrogens is 503 g/mol. The van der Waals surface area contributed by atoms with Crippen molar-refractivity contribution in [2.24, 2.45) is 5.92 Å². The molecule has 3 aromatic carbocycles. The number of hydrogen-bond donors (Lipinski definition) is 2. The Morgan fingerprint density at radius 2 is 1.61 bits per heavy atom. The molecule has 1 aliphatic rings. The molecule has 0 spiro atoms. The molecule has 0 atom stereocenters. The molecule has 1 saturated heterocycles. The first-order valence-corrected chi connectivity index (χ1v) is 12.2. The van der Waals surface area contributed by atoms with E-state index in [-0.39, 0.29) is 21.8 Å². The number of nitrogens with zero attached hydrogens (tertiary/aromatic N) is 2. The van der Waals surface area contributed by atoms with Crippen molar-refractivity contribution in [3.63, 3.8) is 0 Å². The number of hydrogen-bond acceptors (Lipinski definition) is 5. The third kappa shape index (κ3) is 5.95. The van der Waals surface area contributed by atoms with Gasteiger partial charge in [-0.15, -0.1) is 0 Å². The second-order valence-electron chi connectivity index (χ2n) is 8.74. The van der Waals surface area contributed by atoms with Gasteiger partial charge in [0.1, 0.15) is 5.69 Å². The highest BCUT2D eigenvalue weighted by atomic mass is 35.5. The van der Waals surface area contributed by atoms with Gasteiger partial charge in [0.15, 0.2) is 0 Å². The number of nitro groups is 1. The molecule has 1 fully saturated rings. The van der Waals surface area contributed by atoms with Crippen molar-refractivity contribution in [3.05, 3.63) is 92.0 Å². The molecule has 0 bridgehead atoms. The van der Waals surface area contributed by atoms with E-state index in [1.165, 1.54) is 18.2 Å². The Morgan fingerprint density at radius 3 is 2.25 bits per heavy atom. The maximum absolute atomic E-state index is 12.9. The van der Waals surface area contributed by atoms with Crippen molar-refractivity contribution in [2.75, 3.05) is 28.6 Å². The standard InChI is InChI=1S/C26H24Cl2N4O4/c1-16-9-11-31(12-10-16)23-8-5-17(13-24(23)32(35)36)25(33)29-19-3-2-4-20(15-19)30-26(34)21-7-6-18(27)14-22(21)28/h2-8,13-16H,9-12H2,1H3,(H,29,33)(H,30,34). The second kappa shape index (κ2) is 11.0. The molecule has 0 saturated carbocycles. The Labute approximate surface area is 218 Å². The van der Waals surface area contributed by atoms with E-state index in [1.54, 1.807) is 42.5 Å². The van der Waals surface area contributed by atoms with E-state index in [1.807, 2.05) is 4.90 Å². The fraction of sp³-hybridized carbons (Fsp3) is 0.231. The van der Waals surface area contributed by atoms with Crippen LogP contribution in [0.25, 0.3) is 0 Å². The van der Waals surface area contributed by atoms with Crippen LogP contribution in [-0.4, -0.2) is 29.8 Å². The summed E-state index contributed by atoms with van der Waals surface area (Å²) in [6.45, 7) is 3.66. The van der Waals surface area contributed by atoms with E-state index in [4.69, 9.17) is 23.2 Å². The predicted octanol–water partition coefficient (Wildman–Crippen LogP) is 6.64. The lowest BCUT2D eigenvalue weighted by Crippen LogP contribution is -2.33. The van der Waals surface area contributed by atoms with Gasteiger partial charge in [-0.25, -0.2) is 0 Å². The number of rotatable bonds is 6. The number of benzene rings is 3. The van der Waals surface area contributed by atoms with Crippen LogP contribution in [0.3, 0.4) is 0 Å². The summed E-state index contributed by atoms with van der Waals surface area (Å²) in [5, 5.41) is 17.9. The summed E-state index contributed by atoms with van der Waals surface area (Å²) in [5.74, 6) is -0.339. The smallest absolute Gasteiger partial charge is 0.293 e. The number of nitro benzene ring substituents is 1. The van der Waals surface area contributed by atoms with Crippen molar-refractivity contribution >= 4 is 57.8 Å². The van der Waals surface area contributed by atoms with Crippen LogP contribution in [0.15, 0.2) is 60.7 Å². The van der Waals surface area contributed by atoms with Gasteiger partial charge >= 0.3 is 0 Å². The van der Waals surface area contributed by atoms with Gasteiger partial charge in [-0.1, -0.05) is 36.2 Å². The fourth-order valence-corrected chi connectivity index (χ4v) is 4.57. The molecule has 0 aliphatic carbocycles. The molecule has 2 amide bonds. The molecule has 1 aliphatic heterocycles. The molecule has 186 valence electrons. The minimum atomic E-state index is -0.499. The van der Waals surface area contributed by atoms with Gasteiger partial charge in [-0.05, 0) is 67.3 Å². The Morgan fingerprint density at radius 1 is 0.944 bits per heavy atom. The number of amides is 2. The van der Waals surface area contributed by atoms with Crippen LogP contribution in [0.5, 0.6) is 0 Å². The van der Waals surface area contributed by atoms with Gasteiger partial charge in [0, 0.05) is 41.1 Å². The minimum absolute atomic E-state index is 0.0990. The summed E-state index contributed by atoms with van der Waals surface area (Å²) < 4.78 is 0. The Hall–Kier alpha value is -3.62. The maximum atomic E-state index is 12.9. The van der Waals surface area contributed by atoms with Gasteiger partial charge in [-0.3, -0.25) is 19.7 Å². The average molecular weight is 527 g/mol. The first-order valence-electron chi connectivity index (χ1n) is 11.4. The highest BCUT2D eigenvalue weighted by Crippen LogP contribution is 2.32. The molecule has 3 aromatic rings. The van der Waals surface area contributed by atoms with Gasteiger partial charge in [-0.2, -0.15) is 0 Å². The zero-order valence-electron chi connectivity index (χ0n) is 19.5. The van der Waals surface area contributed by atoms with E-state index in [0.29, 0.717) is 28.0 Å². The minimum Gasteiger partial charge on any atom is -0.366 e. The van der Waals surface area contributed by atoms with Gasteiger partial charge in [0.05, 0.1) is 15.5 Å². The summed E-state index contributed by atoms with van der Waals surface area (Å²) in [6.07, 6.45) is 1.94. The normalized spacial score (nSPS) is 13.8. The summed E-state index contributed by atoms with van der Waals surface area (Å²) >= 11 is 12.0. The number of nitrogens with one attached hydrogen (secondary N) is 2. The number of piperidine rings is 1. The number of halogens is 2. The highest BCUT2D eigenvalue weighted by Gasteiger charge is 2.25. The zero-order valence-corrected chi connectivity index (χ0v) is 21.0. The SMILES string of the molecule is CC1CCN(c2ccc(C(=O)Nc3cccc(NC(=O)c4ccc(Cl)cc4Cl)c3)cc2[N+](=O)[O-])CC1. The monoisotopic (exact) mass is 526 g/mol. The molecule has 36 heavy (non-hydrogen) atoms. The van der Waals surface area contributed by atoms with E-state index >= 15 is 0 Å². The maximum Gasteiger partial charge on any atom is 0.293 e. The topological polar surface area (TPSA) is 105 Å². The average Bonchev–Trinajstić information content (AvgIpc) is 2.84. The molecule has 2 N–H and O–H groups in total. The molecule has 4 rings (SSSR count). The third-order valence-corrected chi connectivity index (χ3v) is 6.66. The van der Waals surface area contributed by atoms with E-state index in [0.717, 1.165) is 25.9 Å². The predicted molar refractivity (Wildman–Crippen MR) is 143 cm³/mol. The second-order valence-corrected chi connectivity index (χ2v) is 9.59. The Balaban J connectivity index is 1.48. The van der Waals surface area contributed by atoms with Crippen molar-refractivity contribution in [1.29, 1.82) is 0 Å². The lowest BCUT2D eigenvalue weighted by molar-refractivity contribution is -0.384. The molecule has 0 aromatic heterocycles. The van der Waals surface area contributed by atoms with Gasteiger partial charge in [0.2, 0.25) is 0 Å². The van der Waals surface area contributed by atoms with Crippen LogP contribution >= 0.6 is 23.2 Å². The molecule has 10 heteroatoms. The van der Waals surface area contributed by atoms with Crippen molar-refractivity contribution in [2.45, 2.75) is 19.8 Å². The lowest BCUT2D eigenvalue weighted by Gasteiger charge is -2.31. The number of carbonyl (C=O) groups is 2. The summed E-state index contributed by atoms with van der Waals surface area (Å²) in [4.78, 5) is 38.8. The van der Waals surface area contributed by atoms with Gasteiger partial charge in [0.25, 0.3) is 17.5 Å².